The number of hydrogen-bond donors (Lipinski definition) is 8. The van der Waals surface area contributed by atoms with E-state index < -0.39 is 74.2 Å². The fourth-order valence-electron chi connectivity index (χ4n) is 6.73. The minimum Gasteiger partial charge on any atom is -0.394 e. The molecule has 9 unspecified atom stereocenters. The minimum absolute atomic E-state index is 0.258. The van der Waals surface area contributed by atoms with E-state index in [0.717, 1.165) is 38.5 Å². The maximum Gasteiger partial charge on any atom is 0.249 e. The summed E-state index contributed by atoms with van der Waals surface area (Å²) in [6.07, 6.45) is 19.9. The van der Waals surface area contributed by atoms with Crippen molar-refractivity contribution in [2.75, 3.05) is 13.2 Å². The summed E-state index contributed by atoms with van der Waals surface area (Å²) in [6, 6.07) is -1.18. The molecule has 0 radical (unpaired) electrons. The molecule has 0 aromatic carbocycles. The molecule has 8 N–H and O–H groups in total. The molecule has 1 saturated heterocycles. The number of ether oxygens (including phenoxy) is 2. The third-order valence-electron chi connectivity index (χ3n) is 10.3. The first-order valence-electron chi connectivity index (χ1n) is 21.1. The van der Waals surface area contributed by atoms with Crippen molar-refractivity contribution >= 4 is 5.91 Å². The summed E-state index contributed by atoms with van der Waals surface area (Å²) in [5.41, 5.74) is 0. The molecule has 0 saturated carbocycles. The van der Waals surface area contributed by atoms with E-state index in [9.17, 15) is 40.5 Å². The smallest absolute Gasteiger partial charge is 0.249 e. The first-order chi connectivity index (χ1) is 25.2. The molecule has 0 bridgehead atoms. The van der Waals surface area contributed by atoms with E-state index in [1.54, 1.807) is 0 Å². The van der Waals surface area contributed by atoms with Crippen LogP contribution in [0.15, 0.2) is 12.2 Å². The van der Waals surface area contributed by atoms with E-state index in [-0.39, 0.29) is 12.8 Å². The van der Waals surface area contributed by atoms with Crippen LogP contribution >= 0.6 is 0 Å². The molecule has 0 aliphatic carbocycles. The lowest BCUT2D eigenvalue weighted by molar-refractivity contribution is -0.303. The van der Waals surface area contributed by atoms with Crippen molar-refractivity contribution < 1.29 is 50.0 Å². The molecule has 11 nitrogen and oxygen atoms in total. The van der Waals surface area contributed by atoms with Gasteiger partial charge in [-0.05, 0) is 38.5 Å². The van der Waals surface area contributed by atoms with Crippen molar-refractivity contribution in [2.24, 2.45) is 0 Å². The van der Waals surface area contributed by atoms with Gasteiger partial charge in [-0.1, -0.05) is 148 Å². The largest absolute Gasteiger partial charge is 0.394 e. The van der Waals surface area contributed by atoms with Crippen LogP contribution in [0, 0.1) is 0 Å². The number of aliphatic hydroxyl groups excluding tert-OH is 7. The molecule has 0 aromatic heterocycles. The van der Waals surface area contributed by atoms with Crippen molar-refractivity contribution in [3.63, 3.8) is 0 Å². The standard InChI is InChI=1S/C41H79NO10/c1-3-5-7-9-11-13-15-16-17-19-21-23-25-27-29-34(45)40(50)42-32(31-51-41-39(49)38(48)37(47)35(30-43)52-41)36(46)33(44)28-26-24-22-20-18-14-12-10-8-6-4-2/h20,22,32-39,41,43-49H,3-19,21,23-31H2,1-2H3,(H,42,50)/b22-20+. The van der Waals surface area contributed by atoms with Gasteiger partial charge in [0.15, 0.2) is 6.29 Å². The van der Waals surface area contributed by atoms with Crippen molar-refractivity contribution in [1.29, 1.82) is 0 Å². The van der Waals surface area contributed by atoms with Crippen LogP contribution in [0.4, 0.5) is 0 Å². The number of hydrogen-bond acceptors (Lipinski definition) is 10. The lowest BCUT2D eigenvalue weighted by atomic mass is 9.98. The lowest BCUT2D eigenvalue weighted by Crippen LogP contribution is -2.60. The average molecular weight is 746 g/mol. The summed E-state index contributed by atoms with van der Waals surface area (Å²) in [5, 5.41) is 75.3. The summed E-state index contributed by atoms with van der Waals surface area (Å²) in [5.74, 6) is -0.707. The van der Waals surface area contributed by atoms with Gasteiger partial charge in [0.25, 0.3) is 0 Å². The first kappa shape index (κ1) is 48.9. The number of rotatable bonds is 34. The van der Waals surface area contributed by atoms with E-state index in [1.807, 2.05) is 0 Å². The zero-order valence-corrected chi connectivity index (χ0v) is 32.8. The summed E-state index contributed by atoms with van der Waals surface area (Å²) in [6.45, 7) is 3.38. The molecular formula is C41H79NO10. The molecule has 1 aliphatic heterocycles. The number of aliphatic hydroxyl groups is 7. The summed E-state index contributed by atoms with van der Waals surface area (Å²) in [4.78, 5) is 13.0. The second-order valence-electron chi connectivity index (χ2n) is 15.1. The lowest BCUT2D eigenvalue weighted by Gasteiger charge is -2.40. The summed E-state index contributed by atoms with van der Waals surface area (Å²) >= 11 is 0. The Labute approximate surface area is 315 Å². The van der Waals surface area contributed by atoms with Crippen molar-refractivity contribution in [1.82, 2.24) is 5.32 Å². The molecule has 9 atom stereocenters. The van der Waals surface area contributed by atoms with E-state index in [2.05, 4.69) is 31.3 Å². The monoisotopic (exact) mass is 746 g/mol. The van der Waals surface area contributed by atoms with Gasteiger partial charge in [-0.15, -0.1) is 0 Å². The predicted octanol–water partition coefficient (Wildman–Crippen LogP) is 5.72. The number of allylic oxidation sites excluding steroid dienone is 2. The van der Waals surface area contributed by atoms with Crippen LogP contribution in [0.2, 0.25) is 0 Å². The SMILES string of the molecule is CCCCCCCC/C=C/CCCC(O)C(O)C(COC1OC(CO)C(O)C(O)C1O)NC(=O)C(O)CCCCCCCCCCCCCCCC. The fourth-order valence-corrected chi connectivity index (χ4v) is 6.73. The quantitative estimate of drug-likeness (QED) is 0.0299. The van der Waals surface area contributed by atoms with Gasteiger partial charge in [-0.3, -0.25) is 4.79 Å². The van der Waals surface area contributed by atoms with Crippen LogP contribution in [0.1, 0.15) is 174 Å². The topological polar surface area (TPSA) is 189 Å². The molecule has 52 heavy (non-hydrogen) atoms. The van der Waals surface area contributed by atoms with Crippen LogP contribution in [-0.2, 0) is 14.3 Å². The van der Waals surface area contributed by atoms with Gasteiger partial charge in [-0.25, -0.2) is 0 Å². The second kappa shape index (κ2) is 32.1. The summed E-state index contributed by atoms with van der Waals surface area (Å²) < 4.78 is 11.0. The number of unbranched alkanes of at least 4 members (excludes halogenated alkanes) is 20. The van der Waals surface area contributed by atoms with Crippen LogP contribution in [-0.4, -0.2) is 110 Å². The normalized spacial score (nSPS) is 23.1. The van der Waals surface area contributed by atoms with Crippen LogP contribution in [0.3, 0.4) is 0 Å². The number of carbonyl (C=O) groups excluding carboxylic acids is 1. The van der Waals surface area contributed by atoms with Crippen molar-refractivity contribution in [3.05, 3.63) is 12.2 Å². The van der Waals surface area contributed by atoms with Crippen molar-refractivity contribution in [3.8, 4) is 0 Å². The third-order valence-corrected chi connectivity index (χ3v) is 10.3. The van der Waals surface area contributed by atoms with E-state index >= 15 is 0 Å². The molecule has 1 heterocycles. The Morgan fingerprint density at radius 2 is 1.13 bits per heavy atom. The number of nitrogens with one attached hydrogen (secondary N) is 1. The van der Waals surface area contributed by atoms with Crippen LogP contribution in [0.5, 0.6) is 0 Å². The predicted molar refractivity (Wildman–Crippen MR) is 206 cm³/mol. The second-order valence-corrected chi connectivity index (χ2v) is 15.1. The Hall–Kier alpha value is -1.15. The van der Waals surface area contributed by atoms with Gasteiger partial charge < -0.3 is 50.5 Å². The van der Waals surface area contributed by atoms with Gasteiger partial charge in [-0.2, -0.15) is 0 Å². The zero-order chi connectivity index (χ0) is 38.4. The average Bonchev–Trinajstić information content (AvgIpc) is 3.14. The Morgan fingerprint density at radius 3 is 1.65 bits per heavy atom. The maximum absolute atomic E-state index is 13.0. The molecular weight excluding hydrogens is 666 g/mol. The first-order valence-corrected chi connectivity index (χ1v) is 21.1. The fraction of sp³-hybridized carbons (Fsp3) is 0.927. The van der Waals surface area contributed by atoms with E-state index in [4.69, 9.17) is 9.47 Å². The van der Waals surface area contributed by atoms with E-state index in [0.29, 0.717) is 12.8 Å². The Balaban J connectivity index is 2.53. The molecule has 1 rings (SSSR count). The zero-order valence-electron chi connectivity index (χ0n) is 32.8. The molecule has 0 aromatic rings. The van der Waals surface area contributed by atoms with Gasteiger partial charge in [0.2, 0.25) is 5.91 Å². The Kier molecular flexibility index (Phi) is 30.2. The van der Waals surface area contributed by atoms with Crippen LogP contribution in [0.25, 0.3) is 0 Å². The highest BCUT2D eigenvalue weighted by Crippen LogP contribution is 2.23. The minimum atomic E-state index is -1.66. The van der Waals surface area contributed by atoms with Gasteiger partial charge in [0.05, 0.1) is 25.4 Å². The highest BCUT2D eigenvalue weighted by molar-refractivity contribution is 5.80. The van der Waals surface area contributed by atoms with Crippen molar-refractivity contribution in [2.45, 2.75) is 229 Å². The van der Waals surface area contributed by atoms with Gasteiger partial charge in [0, 0.05) is 0 Å². The molecule has 1 fully saturated rings. The van der Waals surface area contributed by atoms with Gasteiger partial charge >= 0.3 is 0 Å². The third kappa shape index (κ3) is 22.3. The highest BCUT2D eigenvalue weighted by Gasteiger charge is 2.44. The molecule has 0 spiro atoms. The summed E-state index contributed by atoms with van der Waals surface area (Å²) in [7, 11) is 0. The maximum atomic E-state index is 13.0. The number of carbonyl (C=O) groups is 1. The van der Waals surface area contributed by atoms with Gasteiger partial charge in [0.1, 0.15) is 36.6 Å². The Bertz CT molecular complexity index is 861. The van der Waals surface area contributed by atoms with E-state index in [1.165, 1.54) is 96.3 Å². The number of amides is 1. The highest BCUT2D eigenvalue weighted by atomic mass is 16.7. The molecule has 1 aliphatic rings. The van der Waals surface area contributed by atoms with Crippen LogP contribution < -0.4 is 5.32 Å². The molecule has 308 valence electrons. The molecule has 1 amide bonds. The Morgan fingerprint density at radius 1 is 0.654 bits per heavy atom. The molecule has 11 heteroatoms.